The summed E-state index contributed by atoms with van der Waals surface area (Å²) >= 11 is 3.41. The van der Waals surface area contributed by atoms with E-state index in [-0.39, 0.29) is 5.69 Å². The highest BCUT2D eigenvalue weighted by molar-refractivity contribution is 9.10. The van der Waals surface area contributed by atoms with Crippen LogP contribution < -0.4 is 5.73 Å². The number of nitrogens with zero attached hydrogens (tertiary/aromatic N) is 3. The lowest BCUT2D eigenvalue weighted by atomic mass is 10.1. The average molecular weight is 263 g/mol. The maximum atomic E-state index is 8.79. The molecule has 0 saturated heterocycles. The lowest BCUT2D eigenvalue weighted by Crippen LogP contribution is -1.99. The topological polar surface area (TPSA) is 75.6 Å². The molecule has 0 atom stereocenters. The fraction of sp³-hybridized carbons (Fsp3) is 0.100. The molecular weight excluding hydrogens is 256 g/mol. The van der Waals surface area contributed by atoms with Crippen molar-refractivity contribution in [3.63, 3.8) is 0 Å². The van der Waals surface area contributed by atoms with E-state index in [1.54, 1.807) is 0 Å². The highest BCUT2D eigenvalue weighted by atomic mass is 79.9. The summed E-state index contributed by atoms with van der Waals surface area (Å²) in [5, 5.41) is 17.3. The SMILES string of the molecule is Cc1c(Br)ccc2nnc(C#N)c(N)c12. The molecule has 4 nitrogen and oxygen atoms in total. The highest BCUT2D eigenvalue weighted by Crippen LogP contribution is 2.29. The summed E-state index contributed by atoms with van der Waals surface area (Å²) < 4.78 is 0.943. The molecule has 0 saturated carbocycles. The van der Waals surface area contributed by atoms with Gasteiger partial charge in [0.05, 0.1) is 11.2 Å². The minimum atomic E-state index is 0.170. The molecule has 0 fully saturated rings. The largest absolute Gasteiger partial charge is 0.396 e. The molecule has 0 bridgehead atoms. The number of hydrogen-bond acceptors (Lipinski definition) is 4. The first kappa shape index (κ1) is 9.87. The molecule has 2 aromatic rings. The van der Waals surface area contributed by atoms with Crippen LogP contribution in [0.15, 0.2) is 16.6 Å². The standard InChI is InChI=1S/C10H7BrN4/c1-5-6(11)2-3-7-9(5)10(13)8(4-12)15-14-7/h2-3H,1H3,(H2,13,14). The van der Waals surface area contributed by atoms with Gasteiger partial charge in [-0.25, -0.2) is 0 Å². The molecule has 0 aliphatic heterocycles. The minimum Gasteiger partial charge on any atom is -0.396 e. The van der Waals surface area contributed by atoms with Gasteiger partial charge in [-0.1, -0.05) is 15.9 Å². The number of rotatable bonds is 0. The van der Waals surface area contributed by atoms with Gasteiger partial charge in [0.15, 0.2) is 5.69 Å². The number of aromatic nitrogens is 2. The molecule has 0 radical (unpaired) electrons. The first-order chi connectivity index (χ1) is 7.15. The number of aryl methyl sites for hydroxylation is 1. The third-order valence-electron chi connectivity index (χ3n) is 2.27. The van der Waals surface area contributed by atoms with Crippen molar-refractivity contribution in [2.24, 2.45) is 0 Å². The third-order valence-corrected chi connectivity index (χ3v) is 3.12. The Labute approximate surface area is 94.9 Å². The third kappa shape index (κ3) is 1.43. The summed E-state index contributed by atoms with van der Waals surface area (Å²) in [4.78, 5) is 0. The number of hydrogen-bond donors (Lipinski definition) is 1. The summed E-state index contributed by atoms with van der Waals surface area (Å²) in [5.74, 6) is 0. The van der Waals surface area contributed by atoms with E-state index in [1.807, 2.05) is 25.1 Å². The highest BCUT2D eigenvalue weighted by Gasteiger charge is 2.10. The average Bonchev–Trinajstić information content (AvgIpc) is 2.24. The van der Waals surface area contributed by atoms with Crippen LogP contribution in [0, 0.1) is 18.3 Å². The second kappa shape index (κ2) is 3.48. The van der Waals surface area contributed by atoms with Crippen LogP contribution in [0.4, 0.5) is 5.69 Å². The molecular formula is C10H7BrN4. The van der Waals surface area contributed by atoms with Gasteiger partial charge in [0.2, 0.25) is 0 Å². The molecule has 1 aromatic carbocycles. The summed E-state index contributed by atoms with van der Waals surface area (Å²) in [7, 11) is 0. The van der Waals surface area contributed by atoms with Gasteiger partial charge < -0.3 is 5.73 Å². The van der Waals surface area contributed by atoms with Crippen molar-refractivity contribution in [3.05, 3.63) is 27.9 Å². The lowest BCUT2D eigenvalue weighted by Gasteiger charge is -2.06. The van der Waals surface area contributed by atoms with Crippen LogP contribution in [0.1, 0.15) is 11.3 Å². The number of halogens is 1. The molecule has 0 aliphatic rings. The van der Waals surface area contributed by atoms with Crippen LogP contribution >= 0.6 is 15.9 Å². The molecule has 5 heteroatoms. The summed E-state index contributed by atoms with van der Waals surface area (Å²) in [6, 6.07) is 5.62. The molecule has 15 heavy (non-hydrogen) atoms. The van der Waals surface area contributed by atoms with Crippen LogP contribution in [-0.2, 0) is 0 Å². The monoisotopic (exact) mass is 262 g/mol. The zero-order chi connectivity index (χ0) is 11.0. The first-order valence-electron chi connectivity index (χ1n) is 4.26. The number of nitrogen functional groups attached to an aromatic ring is 1. The molecule has 2 N–H and O–H groups in total. The van der Waals surface area contributed by atoms with Gasteiger partial charge in [-0.2, -0.15) is 5.26 Å². The van der Waals surface area contributed by atoms with E-state index in [9.17, 15) is 0 Å². The molecule has 1 heterocycles. The van der Waals surface area contributed by atoms with E-state index >= 15 is 0 Å². The normalized spacial score (nSPS) is 10.2. The van der Waals surface area contributed by atoms with E-state index in [0.717, 1.165) is 15.4 Å². The van der Waals surface area contributed by atoms with E-state index < -0.39 is 0 Å². The summed E-state index contributed by atoms with van der Waals surface area (Å²) in [6.07, 6.45) is 0. The van der Waals surface area contributed by atoms with Gasteiger partial charge in [-0.05, 0) is 24.6 Å². The number of nitriles is 1. The van der Waals surface area contributed by atoms with Gasteiger partial charge in [-0.15, -0.1) is 10.2 Å². The fourth-order valence-electron chi connectivity index (χ4n) is 1.45. The predicted octanol–water partition coefficient (Wildman–Crippen LogP) is 2.15. The second-order valence-electron chi connectivity index (χ2n) is 3.14. The van der Waals surface area contributed by atoms with Crippen molar-refractivity contribution < 1.29 is 0 Å². The Bertz CT molecular complexity index is 586. The molecule has 0 aliphatic carbocycles. The van der Waals surface area contributed by atoms with Crippen LogP contribution in [0.2, 0.25) is 0 Å². The number of nitrogens with two attached hydrogens (primary N) is 1. The Kier molecular flexibility index (Phi) is 2.29. The van der Waals surface area contributed by atoms with Crippen LogP contribution in [0.3, 0.4) is 0 Å². The first-order valence-corrected chi connectivity index (χ1v) is 5.05. The predicted molar refractivity (Wildman–Crippen MR) is 61.1 cm³/mol. The van der Waals surface area contributed by atoms with Gasteiger partial charge in [-0.3, -0.25) is 0 Å². The van der Waals surface area contributed by atoms with Crippen molar-refractivity contribution in [2.75, 3.05) is 5.73 Å². The van der Waals surface area contributed by atoms with Gasteiger partial charge in [0.1, 0.15) is 6.07 Å². The number of anilines is 1. The minimum absolute atomic E-state index is 0.170. The molecule has 74 valence electrons. The molecule has 0 unspecified atom stereocenters. The van der Waals surface area contributed by atoms with Crippen LogP contribution in [-0.4, -0.2) is 10.2 Å². The summed E-state index contributed by atoms with van der Waals surface area (Å²) in [5.41, 5.74) is 8.08. The lowest BCUT2D eigenvalue weighted by molar-refractivity contribution is 1.05. The van der Waals surface area contributed by atoms with Crippen molar-refractivity contribution in [1.29, 1.82) is 5.26 Å². The quantitative estimate of drug-likeness (QED) is 0.790. The van der Waals surface area contributed by atoms with E-state index in [2.05, 4.69) is 26.1 Å². The van der Waals surface area contributed by atoms with Crippen LogP contribution in [0.25, 0.3) is 10.9 Å². The van der Waals surface area contributed by atoms with Gasteiger partial charge >= 0.3 is 0 Å². The second-order valence-corrected chi connectivity index (χ2v) is 3.99. The molecule has 2 rings (SSSR count). The van der Waals surface area contributed by atoms with E-state index in [1.165, 1.54) is 0 Å². The summed E-state index contributed by atoms with van der Waals surface area (Å²) in [6.45, 7) is 1.92. The Hall–Kier alpha value is -1.67. The Morgan fingerprint density at radius 1 is 1.40 bits per heavy atom. The zero-order valence-electron chi connectivity index (χ0n) is 7.95. The Balaban J connectivity index is 2.97. The number of benzene rings is 1. The Morgan fingerprint density at radius 3 is 2.80 bits per heavy atom. The van der Waals surface area contributed by atoms with Crippen molar-refractivity contribution in [2.45, 2.75) is 6.92 Å². The van der Waals surface area contributed by atoms with E-state index in [4.69, 9.17) is 11.0 Å². The maximum Gasteiger partial charge on any atom is 0.186 e. The van der Waals surface area contributed by atoms with E-state index in [0.29, 0.717) is 11.2 Å². The number of fused-ring (bicyclic) bond motifs is 1. The molecule has 0 amide bonds. The van der Waals surface area contributed by atoms with Crippen molar-refractivity contribution >= 4 is 32.5 Å². The Morgan fingerprint density at radius 2 is 2.13 bits per heavy atom. The van der Waals surface area contributed by atoms with Gasteiger partial charge in [0, 0.05) is 9.86 Å². The maximum absolute atomic E-state index is 8.79. The van der Waals surface area contributed by atoms with Crippen molar-refractivity contribution in [1.82, 2.24) is 10.2 Å². The molecule has 1 aromatic heterocycles. The fourth-order valence-corrected chi connectivity index (χ4v) is 1.78. The zero-order valence-corrected chi connectivity index (χ0v) is 9.54. The molecule has 0 spiro atoms. The smallest absolute Gasteiger partial charge is 0.186 e. The van der Waals surface area contributed by atoms with Crippen molar-refractivity contribution in [3.8, 4) is 6.07 Å². The van der Waals surface area contributed by atoms with Gasteiger partial charge in [0.25, 0.3) is 0 Å². The van der Waals surface area contributed by atoms with Crippen LogP contribution in [0.5, 0.6) is 0 Å².